The van der Waals surface area contributed by atoms with E-state index >= 15 is 0 Å². The molecule has 3 fully saturated rings. The fourth-order valence-electron chi connectivity index (χ4n) is 4.88. The van der Waals surface area contributed by atoms with Crippen LogP contribution in [0.4, 0.5) is 5.69 Å². The third-order valence-electron chi connectivity index (χ3n) is 6.28. The molecular weight excluding hydrogens is 326 g/mol. The summed E-state index contributed by atoms with van der Waals surface area (Å²) in [4.78, 5) is 27.3. The first-order valence-corrected chi connectivity index (χ1v) is 10.2. The molecule has 5 heteroatoms. The van der Waals surface area contributed by atoms with E-state index in [2.05, 4.69) is 15.5 Å². The van der Waals surface area contributed by atoms with Gasteiger partial charge in [-0.3, -0.25) is 9.59 Å². The predicted molar refractivity (Wildman–Crippen MR) is 102 cm³/mol. The molecule has 26 heavy (non-hydrogen) atoms. The highest BCUT2D eigenvalue weighted by Gasteiger charge is 2.35. The molecular formula is C21H29N3O2. The van der Waals surface area contributed by atoms with Gasteiger partial charge in [-0.15, -0.1) is 0 Å². The van der Waals surface area contributed by atoms with Crippen molar-refractivity contribution in [2.75, 3.05) is 18.4 Å². The minimum atomic E-state index is -0.0899. The number of fused-ring (bicyclic) bond motifs is 1. The second-order valence-electron chi connectivity index (χ2n) is 7.97. The summed E-state index contributed by atoms with van der Waals surface area (Å²) in [6.45, 7) is 1.79. The second-order valence-corrected chi connectivity index (χ2v) is 7.97. The first-order valence-electron chi connectivity index (χ1n) is 10.2. The highest BCUT2D eigenvalue weighted by atomic mass is 16.2. The van der Waals surface area contributed by atoms with Crippen molar-refractivity contribution in [2.24, 2.45) is 5.92 Å². The lowest BCUT2D eigenvalue weighted by molar-refractivity contribution is -0.117. The Bertz CT molecular complexity index is 650. The van der Waals surface area contributed by atoms with Gasteiger partial charge in [-0.2, -0.15) is 0 Å². The van der Waals surface area contributed by atoms with E-state index in [1.54, 1.807) is 0 Å². The van der Waals surface area contributed by atoms with Crippen LogP contribution in [0.15, 0.2) is 24.3 Å². The number of piperidine rings is 1. The van der Waals surface area contributed by atoms with E-state index in [0.717, 1.165) is 50.0 Å². The molecule has 2 amide bonds. The number of nitrogens with zero attached hydrogens (tertiary/aromatic N) is 1. The van der Waals surface area contributed by atoms with Crippen LogP contribution < -0.4 is 10.6 Å². The van der Waals surface area contributed by atoms with Gasteiger partial charge < -0.3 is 15.5 Å². The number of rotatable bonds is 3. The number of hydrogen-bond acceptors (Lipinski definition) is 3. The van der Waals surface area contributed by atoms with Gasteiger partial charge >= 0.3 is 0 Å². The summed E-state index contributed by atoms with van der Waals surface area (Å²) in [5, 5.41) is 6.15. The van der Waals surface area contributed by atoms with Crippen molar-refractivity contribution in [3.8, 4) is 0 Å². The summed E-state index contributed by atoms with van der Waals surface area (Å²) in [7, 11) is 0. The fourth-order valence-corrected chi connectivity index (χ4v) is 4.88. The Morgan fingerprint density at radius 3 is 2.50 bits per heavy atom. The van der Waals surface area contributed by atoms with E-state index in [0.29, 0.717) is 12.0 Å². The summed E-state index contributed by atoms with van der Waals surface area (Å²) in [5.74, 6) is 0.860. The second kappa shape index (κ2) is 7.78. The van der Waals surface area contributed by atoms with Gasteiger partial charge in [0.25, 0.3) is 5.91 Å². The topological polar surface area (TPSA) is 61.4 Å². The molecule has 0 radical (unpaired) electrons. The van der Waals surface area contributed by atoms with Crippen LogP contribution in [0.5, 0.6) is 0 Å². The summed E-state index contributed by atoms with van der Waals surface area (Å²) >= 11 is 0. The van der Waals surface area contributed by atoms with Crippen molar-refractivity contribution in [1.29, 1.82) is 0 Å². The Morgan fingerprint density at radius 1 is 0.962 bits per heavy atom. The molecule has 3 atom stereocenters. The quantitative estimate of drug-likeness (QED) is 0.875. The van der Waals surface area contributed by atoms with Gasteiger partial charge in [0.15, 0.2) is 0 Å². The van der Waals surface area contributed by atoms with Crippen LogP contribution in [-0.4, -0.2) is 41.9 Å². The Balaban J connectivity index is 1.41. The normalized spacial score (nSPS) is 28.5. The highest BCUT2D eigenvalue weighted by Crippen LogP contribution is 2.36. The number of benzene rings is 1. The molecule has 0 aromatic heterocycles. The molecule has 1 aliphatic carbocycles. The summed E-state index contributed by atoms with van der Waals surface area (Å²) in [6, 6.07) is 7.75. The number of amides is 2. The Kier molecular flexibility index (Phi) is 5.25. The van der Waals surface area contributed by atoms with Crippen LogP contribution in [0.1, 0.15) is 61.7 Å². The first-order chi connectivity index (χ1) is 12.7. The van der Waals surface area contributed by atoms with Crippen LogP contribution in [0.25, 0.3) is 0 Å². The van der Waals surface area contributed by atoms with Gasteiger partial charge in [0, 0.05) is 23.8 Å². The Hall–Kier alpha value is -1.88. The number of nitrogens with one attached hydrogen (secondary N) is 2. The lowest BCUT2D eigenvalue weighted by Gasteiger charge is -2.44. The standard InChI is InChI=1S/C21H29N3O2/c25-20(18-7-3-13-22-18)23-17-11-9-16(10-12-17)21(26)24-14-4-6-15-5-1-2-8-19(15)24/h9-12,15,18-19,22H,1-8,13-14H2,(H,23,25)/t15-,18?,19-/m0/s1. The molecule has 2 aliphatic heterocycles. The number of carbonyl (C=O) groups excluding carboxylic acids is 2. The molecule has 0 spiro atoms. The van der Waals surface area contributed by atoms with Crippen molar-refractivity contribution in [1.82, 2.24) is 10.2 Å². The number of hydrogen-bond donors (Lipinski definition) is 2. The third kappa shape index (κ3) is 3.63. The van der Waals surface area contributed by atoms with E-state index in [-0.39, 0.29) is 17.9 Å². The maximum absolute atomic E-state index is 13.0. The van der Waals surface area contributed by atoms with Gasteiger partial charge in [-0.05, 0) is 75.3 Å². The largest absolute Gasteiger partial charge is 0.335 e. The minimum Gasteiger partial charge on any atom is -0.335 e. The SMILES string of the molecule is O=C(Nc1ccc(C(=O)N2CCC[C@@H]3CCCC[C@@H]32)cc1)C1CCCN1. The summed E-state index contributed by atoms with van der Waals surface area (Å²) in [5.41, 5.74) is 1.49. The van der Waals surface area contributed by atoms with E-state index in [9.17, 15) is 9.59 Å². The zero-order chi connectivity index (χ0) is 17.9. The molecule has 1 saturated carbocycles. The van der Waals surface area contributed by atoms with E-state index < -0.39 is 0 Å². The number of likely N-dealkylation sites (tertiary alicyclic amines) is 1. The summed E-state index contributed by atoms with van der Waals surface area (Å²) < 4.78 is 0. The van der Waals surface area contributed by atoms with Gasteiger partial charge in [0.1, 0.15) is 0 Å². The van der Waals surface area contributed by atoms with E-state index in [1.807, 2.05) is 24.3 Å². The average molecular weight is 355 g/mol. The lowest BCUT2D eigenvalue weighted by Crippen LogP contribution is -2.49. The number of carbonyl (C=O) groups is 2. The summed E-state index contributed by atoms with van der Waals surface area (Å²) in [6.07, 6.45) is 9.31. The molecule has 4 rings (SSSR count). The van der Waals surface area contributed by atoms with Crippen LogP contribution in [0.2, 0.25) is 0 Å². The monoisotopic (exact) mass is 355 g/mol. The van der Waals surface area contributed by atoms with Gasteiger partial charge in [0.05, 0.1) is 6.04 Å². The fraction of sp³-hybridized carbons (Fsp3) is 0.619. The van der Waals surface area contributed by atoms with Crippen molar-refractivity contribution in [3.63, 3.8) is 0 Å². The molecule has 0 bridgehead atoms. The molecule has 2 saturated heterocycles. The molecule has 2 heterocycles. The maximum Gasteiger partial charge on any atom is 0.254 e. The number of anilines is 1. The maximum atomic E-state index is 13.0. The molecule has 3 aliphatic rings. The molecule has 1 aromatic carbocycles. The van der Waals surface area contributed by atoms with Gasteiger partial charge in [-0.25, -0.2) is 0 Å². The van der Waals surface area contributed by atoms with Crippen LogP contribution in [0, 0.1) is 5.92 Å². The molecule has 1 unspecified atom stereocenters. The zero-order valence-electron chi connectivity index (χ0n) is 15.4. The Morgan fingerprint density at radius 2 is 1.73 bits per heavy atom. The highest BCUT2D eigenvalue weighted by molar-refractivity contribution is 5.97. The lowest BCUT2D eigenvalue weighted by atomic mass is 9.78. The van der Waals surface area contributed by atoms with Crippen molar-refractivity contribution < 1.29 is 9.59 Å². The Labute approximate surface area is 155 Å². The average Bonchev–Trinajstić information content (AvgIpc) is 3.23. The molecule has 140 valence electrons. The van der Waals surface area contributed by atoms with Gasteiger partial charge in [-0.1, -0.05) is 12.8 Å². The van der Waals surface area contributed by atoms with Crippen molar-refractivity contribution >= 4 is 17.5 Å². The van der Waals surface area contributed by atoms with Crippen molar-refractivity contribution in [3.05, 3.63) is 29.8 Å². The van der Waals surface area contributed by atoms with E-state index in [4.69, 9.17) is 0 Å². The molecule has 5 nitrogen and oxygen atoms in total. The van der Waals surface area contributed by atoms with E-state index in [1.165, 1.54) is 25.7 Å². The van der Waals surface area contributed by atoms with Gasteiger partial charge in [0.2, 0.25) is 5.91 Å². The zero-order valence-corrected chi connectivity index (χ0v) is 15.4. The van der Waals surface area contributed by atoms with Crippen LogP contribution >= 0.6 is 0 Å². The smallest absolute Gasteiger partial charge is 0.254 e. The first kappa shape index (κ1) is 17.5. The van der Waals surface area contributed by atoms with Crippen LogP contribution in [0.3, 0.4) is 0 Å². The van der Waals surface area contributed by atoms with Crippen LogP contribution in [-0.2, 0) is 4.79 Å². The minimum absolute atomic E-state index is 0.0163. The molecule has 2 N–H and O–H groups in total. The van der Waals surface area contributed by atoms with Crippen molar-refractivity contribution in [2.45, 2.75) is 63.5 Å². The molecule has 1 aromatic rings. The predicted octanol–water partition coefficient (Wildman–Crippen LogP) is 3.17. The third-order valence-corrected chi connectivity index (χ3v) is 6.28.